The molecule has 144 valence electrons. The Kier molecular flexibility index (Phi) is 5.54. The maximum atomic E-state index is 12.8. The zero-order chi connectivity index (χ0) is 20.3. The molecule has 28 heavy (non-hydrogen) atoms. The van der Waals surface area contributed by atoms with Crippen molar-refractivity contribution in [3.05, 3.63) is 70.3 Å². The van der Waals surface area contributed by atoms with Crippen LogP contribution >= 0.6 is 0 Å². The Labute approximate surface area is 162 Å². The third kappa shape index (κ3) is 4.09. The first kappa shape index (κ1) is 19.3. The zero-order valence-corrected chi connectivity index (χ0v) is 16.0. The Morgan fingerprint density at radius 1 is 1.07 bits per heavy atom. The minimum absolute atomic E-state index is 0.0146. The second kappa shape index (κ2) is 8.04. The highest BCUT2D eigenvalue weighted by atomic mass is 16.2. The van der Waals surface area contributed by atoms with Gasteiger partial charge >= 0.3 is 0 Å². The van der Waals surface area contributed by atoms with Gasteiger partial charge in [-0.15, -0.1) is 0 Å². The van der Waals surface area contributed by atoms with Gasteiger partial charge in [0.1, 0.15) is 5.82 Å². The van der Waals surface area contributed by atoms with Crippen molar-refractivity contribution in [1.29, 1.82) is 0 Å². The van der Waals surface area contributed by atoms with E-state index >= 15 is 0 Å². The number of hydrogen-bond acceptors (Lipinski definition) is 4. The van der Waals surface area contributed by atoms with Crippen molar-refractivity contribution >= 4 is 22.7 Å². The fraction of sp³-hybridized carbons (Fsp3) is 0.238. The predicted octanol–water partition coefficient (Wildman–Crippen LogP) is 1.95. The van der Waals surface area contributed by atoms with E-state index in [1.165, 1.54) is 4.57 Å². The molecule has 2 N–H and O–H groups in total. The van der Waals surface area contributed by atoms with Crippen molar-refractivity contribution in [3.8, 4) is 5.69 Å². The number of nitrogens with one attached hydrogen (secondary N) is 2. The molecule has 0 aliphatic carbocycles. The SMILES string of the molecule is Cc1nc2ccccc2c(=O)n1-c1ccc(C(=O)NCC(=O)NC(C)C)cc1. The number of para-hydroxylation sites is 1. The molecule has 2 aromatic carbocycles. The van der Waals surface area contributed by atoms with Crippen LogP contribution in [0, 0.1) is 6.92 Å². The number of benzene rings is 2. The molecule has 0 spiro atoms. The number of nitrogens with zero attached hydrogens (tertiary/aromatic N) is 2. The number of aryl methyl sites for hydroxylation is 1. The van der Waals surface area contributed by atoms with Gasteiger partial charge in [-0.3, -0.25) is 19.0 Å². The molecule has 0 saturated carbocycles. The van der Waals surface area contributed by atoms with E-state index in [0.717, 1.165) is 0 Å². The van der Waals surface area contributed by atoms with Crippen LogP contribution in [0.4, 0.5) is 0 Å². The normalized spacial score (nSPS) is 10.9. The third-order valence-corrected chi connectivity index (χ3v) is 4.19. The first-order valence-electron chi connectivity index (χ1n) is 9.03. The highest BCUT2D eigenvalue weighted by molar-refractivity contribution is 5.96. The summed E-state index contributed by atoms with van der Waals surface area (Å²) in [5.41, 5.74) is 1.51. The zero-order valence-electron chi connectivity index (χ0n) is 16.0. The van der Waals surface area contributed by atoms with E-state index in [2.05, 4.69) is 15.6 Å². The number of hydrogen-bond donors (Lipinski definition) is 2. The second-order valence-corrected chi connectivity index (χ2v) is 6.77. The van der Waals surface area contributed by atoms with Gasteiger partial charge < -0.3 is 10.6 Å². The molecule has 7 nitrogen and oxygen atoms in total. The average Bonchev–Trinajstić information content (AvgIpc) is 2.66. The summed E-state index contributed by atoms with van der Waals surface area (Å²) < 4.78 is 1.51. The molecule has 2 amide bonds. The quantitative estimate of drug-likeness (QED) is 0.710. The lowest BCUT2D eigenvalue weighted by Crippen LogP contribution is -2.39. The minimum Gasteiger partial charge on any atom is -0.352 e. The van der Waals surface area contributed by atoms with Crippen molar-refractivity contribution < 1.29 is 9.59 Å². The Balaban J connectivity index is 1.81. The van der Waals surface area contributed by atoms with Crippen LogP contribution in [0.2, 0.25) is 0 Å². The van der Waals surface area contributed by atoms with Gasteiger partial charge in [0.25, 0.3) is 11.5 Å². The molecule has 0 atom stereocenters. The van der Waals surface area contributed by atoms with Crippen LogP contribution in [-0.4, -0.2) is 34.0 Å². The lowest BCUT2D eigenvalue weighted by Gasteiger charge is -2.12. The summed E-state index contributed by atoms with van der Waals surface area (Å²) in [7, 11) is 0. The molecule has 3 rings (SSSR count). The van der Waals surface area contributed by atoms with E-state index in [0.29, 0.717) is 28.0 Å². The summed E-state index contributed by atoms with van der Waals surface area (Å²) in [5.74, 6) is -0.0400. The van der Waals surface area contributed by atoms with Gasteiger partial charge in [0.15, 0.2) is 0 Å². The molecule has 0 aliphatic heterocycles. The van der Waals surface area contributed by atoms with Gasteiger partial charge in [-0.25, -0.2) is 4.98 Å². The molecule has 3 aromatic rings. The lowest BCUT2D eigenvalue weighted by atomic mass is 10.2. The molecule has 0 radical (unpaired) electrons. The van der Waals surface area contributed by atoms with E-state index < -0.39 is 0 Å². The number of rotatable bonds is 5. The maximum absolute atomic E-state index is 12.8. The summed E-state index contributed by atoms with van der Waals surface area (Å²) >= 11 is 0. The summed E-state index contributed by atoms with van der Waals surface area (Å²) in [5, 5.41) is 5.82. The van der Waals surface area contributed by atoms with Crippen molar-refractivity contribution in [2.75, 3.05) is 6.54 Å². The topological polar surface area (TPSA) is 93.1 Å². The Morgan fingerprint density at radius 3 is 2.43 bits per heavy atom. The molecule has 0 fully saturated rings. The van der Waals surface area contributed by atoms with Gasteiger partial charge in [-0.05, 0) is 57.2 Å². The van der Waals surface area contributed by atoms with Gasteiger partial charge in [0, 0.05) is 11.6 Å². The van der Waals surface area contributed by atoms with Crippen molar-refractivity contribution in [2.24, 2.45) is 0 Å². The Hall–Kier alpha value is -3.48. The van der Waals surface area contributed by atoms with Crippen molar-refractivity contribution in [3.63, 3.8) is 0 Å². The molecule has 0 unspecified atom stereocenters. The Bertz CT molecular complexity index is 1080. The first-order chi connectivity index (χ1) is 13.4. The van der Waals surface area contributed by atoms with Crippen LogP contribution in [0.5, 0.6) is 0 Å². The predicted molar refractivity (Wildman–Crippen MR) is 108 cm³/mol. The first-order valence-corrected chi connectivity index (χ1v) is 9.03. The van der Waals surface area contributed by atoms with Crippen molar-refractivity contribution in [1.82, 2.24) is 20.2 Å². The van der Waals surface area contributed by atoms with Crippen LogP contribution in [0.15, 0.2) is 53.3 Å². The average molecular weight is 378 g/mol. The van der Waals surface area contributed by atoms with E-state index in [1.54, 1.807) is 49.4 Å². The summed E-state index contributed by atoms with van der Waals surface area (Å²) in [4.78, 5) is 41.2. The smallest absolute Gasteiger partial charge is 0.265 e. The fourth-order valence-corrected chi connectivity index (χ4v) is 2.95. The second-order valence-electron chi connectivity index (χ2n) is 6.77. The number of aromatic nitrogens is 2. The molecule has 0 bridgehead atoms. The number of carbonyl (C=O) groups is 2. The number of fused-ring (bicyclic) bond motifs is 1. The molecular weight excluding hydrogens is 356 g/mol. The monoisotopic (exact) mass is 378 g/mol. The largest absolute Gasteiger partial charge is 0.352 e. The molecule has 0 saturated heterocycles. The van der Waals surface area contributed by atoms with E-state index in [9.17, 15) is 14.4 Å². The van der Waals surface area contributed by atoms with Crippen LogP contribution in [0.3, 0.4) is 0 Å². The summed E-state index contributed by atoms with van der Waals surface area (Å²) in [6, 6.07) is 13.8. The van der Waals surface area contributed by atoms with Crippen LogP contribution < -0.4 is 16.2 Å². The van der Waals surface area contributed by atoms with Gasteiger partial charge in [-0.1, -0.05) is 12.1 Å². The van der Waals surface area contributed by atoms with Crippen LogP contribution in [0.25, 0.3) is 16.6 Å². The summed E-state index contributed by atoms with van der Waals surface area (Å²) in [6.07, 6.45) is 0. The Morgan fingerprint density at radius 2 is 1.75 bits per heavy atom. The van der Waals surface area contributed by atoms with Gasteiger partial charge in [-0.2, -0.15) is 0 Å². The third-order valence-electron chi connectivity index (χ3n) is 4.19. The van der Waals surface area contributed by atoms with Crippen LogP contribution in [-0.2, 0) is 4.79 Å². The molecule has 7 heteroatoms. The minimum atomic E-state index is -0.355. The molecule has 1 heterocycles. The van der Waals surface area contributed by atoms with Crippen molar-refractivity contribution in [2.45, 2.75) is 26.8 Å². The maximum Gasteiger partial charge on any atom is 0.265 e. The molecular formula is C21H22N4O3. The van der Waals surface area contributed by atoms with E-state index in [4.69, 9.17) is 0 Å². The standard InChI is InChI=1S/C21H22N4O3/c1-13(2)23-19(26)12-22-20(27)15-8-10-16(11-9-15)25-14(3)24-18-7-5-4-6-17(18)21(25)28/h4-11,13H,12H2,1-3H3,(H,22,27)(H,23,26). The fourth-order valence-electron chi connectivity index (χ4n) is 2.95. The molecule has 0 aliphatic rings. The summed E-state index contributed by atoms with van der Waals surface area (Å²) in [6.45, 7) is 5.38. The number of amides is 2. The van der Waals surface area contributed by atoms with Crippen LogP contribution in [0.1, 0.15) is 30.0 Å². The lowest BCUT2D eigenvalue weighted by molar-refractivity contribution is -0.120. The highest BCUT2D eigenvalue weighted by Crippen LogP contribution is 2.13. The molecule has 1 aromatic heterocycles. The van der Waals surface area contributed by atoms with Gasteiger partial charge in [0.05, 0.1) is 23.1 Å². The van der Waals surface area contributed by atoms with E-state index in [1.807, 2.05) is 19.9 Å². The number of carbonyl (C=O) groups excluding carboxylic acids is 2. The highest BCUT2D eigenvalue weighted by Gasteiger charge is 2.12. The van der Waals surface area contributed by atoms with Gasteiger partial charge in [0.2, 0.25) is 5.91 Å². The van der Waals surface area contributed by atoms with E-state index in [-0.39, 0.29) is 30.0 Å².